The number of nitrogens with zero attached hydrogens (tertiary/aromatic N) is 2. The van der Waals surface area contributed by atoms with Crippen molar-refractivity contribution in [3.8, 4) is 0 Å². The molecule has 0 aliphatic rings. The molecular weight excluding hydrogens is 269 g/mol. The molecule has 0 fully saturated rings. The van der Waals surface area contributed by atoms with Gasteiger partial charge in [-0.1, -0.05) is 19.1 Å². The zero-order chi connectivity index (χ0) is 15.2. The second kappa shape index (κ2) is 6.99. The van der Waals surface area contributed by atoms with Crippen LogP contribution in [0.2, 0.25) is 0 Å². The molecular formula is C15H20FN5. The average Bonchev–Trinajstić information content (AvgIpc) is 2.49. The summed E-state index contributed by atoms with van der Waals surface area (Å²) >= 11 is 0. The van der Waals surface area contributed by atoms with E-state index >= 15 is 0 Å². The van der Waals surface area contributed by atoms with Crippen LogP contribution in [0.25, 0.3) is 0 Å². The molecule has 1 aromatic carbocycles. The Labute approximate surface area is 123 Å². The van der Waals surface area contributed by atoms with Crippen LogP contribution in [-0.4, -0.2) is 9.97 Å². The molecule has 1 aromatic heterocycles. The van der Waals surface area contributed by atoms with Gasteiger partial charge in [-0.25, -0.2) is 20.2 Å². The Morgan fingerprint density at radius 3 is 2.43 bits per heavy atom. The first-order chi connectivity index (χ1) is 10.1. The molecule has 4 N–H and O–H groups in total. The number of halogens is 1. The standard InChI is InChI=1S/C15H20FN5/c1-3-4-13-19-14(10(2)15(20-13)21-17)18-9-11-5-7-12(16)8-6-11/h5-8H,3-4,9,17H2,1-2H3,(H2,18,19,20,21). The number of hydrogen-bond acceptors (Lipinski definition) is 5. The molecule has 6 heteroatoms. The van der Waals surface area contributed by atoms with Crippen molar-refractivity contribution in [2.75, 3.05) is 10.7 Å². The van der Waals surface area contributed by atoms with Crippen LogP contribution in [0, 0.1) is 12.7 Å². The highest BCUT2D eigenvalue weighted by atomic mass is 19.1. The van der Waals surface area contributed by atoms with Gasteiger partial charge in [0.2, 0.25) is 0 Å². The first-order valence-electron chi connectivity index (χ1n) is 6.96. The lowest BCUT2D eigenvalue weighted by Gasteiger charge is -2.13. The summed E-state index contributed by atoms with van der Waals surface area (Å²) in [7, 11) is 0. The van der Waals surface area contributed by atoms with Crippen molar-refractivity contribution in [2.24, 2.45) is 5.84 Å². The third kappa shape index (κ3) is 3.88. The molecule has 0 atom stereocenters. The highest BCUT2D eigenvalue weighted by Gasteiger charge is 2.09. The monoisotopic (exact) mass is 289 g/mol. The van der Waals surface area contributed by atoms with E-state index in [1.165, 1.54) is 12.1 Å². The predicted molar refractivity (Wildman–Crippen MR) is 82.3 cm³/mol. The van der Waals surface area contributed by atoms with Crippen LogP contribution in [0.3, 0.4) is 0 Å². The zero-order valence-corrected chi connectivity index (χ0v) is 12.3. The fourth-order valence-corrected chi connectivity index (χ4v) is 2.00. The molecule has 1 heterocycles. The van der Waals surface area contributed by atoms with Crippen molar-refractivity contribution < 1.29 is 4.39 Å². The van der Waals surface area contributed by atoms with E-state index < -0.39 is 0 Å². The maximum Gasteiger partial charge on any atom is 0.148 e. The number of hydrogen-bond donors (Lipinski definition) is 3. The van der Waals surface area contributed by atoms with Gasteiger partial charge >= 0.3 is 0 Å². The van der Waals surface area contributed by atoms with E-state index in [2.05, 4.69) is 27.6 Å². The molecule has 0 aliphatic carbocycles. The van der Waals surface area contributed by atoms with E-state index in [1.54, 1.807) is 12.1 Å². The summed E-state index contributed by atoms with van der Waals surface area (Å²) in [4.78, 5) is 8.88. The molecule has 5 nitrogen and oxygen atoms in total. The fraction of sp³-hybridized carbons (Fsp3) is 0.333. The van der Waals surface area contributed by atoms with Crippen LogP contribution in [0.15, 0.2) is 24.3 Å². The summed E-state index contributed by atoms with van der Waals surface area (Å²) in [6.45, 7) is 4.54. The summed E-state index contributed by atoms with van der Waals surface area (Å²) in [6.07, 6.45) is 1.75. The number of nitrogens with one attached hydrogen (secondary N) is 2. The van der Waals surface area contributed by atoms with E-state index in [1.807, 2.05) is 6.92 Å². The summed E-state index contributed by atoms with van der Waals surface area (Å²) < 4.78 is 12.9. The van der Waals surface area contributed by atoms with Crippen molar-refractivity contribution in [3.05, 3.63) is 47.0 Å². The highest BCUT2D eigenvalue weighted by Crippen LogP contribution is 2.20. The van der Waals surface area contributed by atoms with E-state index in [0.717, 1.165) is 35.6 Å². The van der Waals surface area contributed by atoms with Crippen LogP contribution < -0.4 is 16.6 Å². The van der Waals surface area contributed by atoms with Gasteiger partial charge < -0.3 is 10.7 Å². The molecule has 2 rings (SSSR count). The quantitative estimate of drug-likeness (QED) is 0.563. The minimum Gasteiger partial charge on any atom is -0.366 e. The number of aryl methyl sites for hydroxylation is 1. The van der Waals surface area contributed by atoms with E-state index in [9.17, 15) is 4.39 Å². The van der Waals surface area contributed by atoms with Gasteiger partial charge in [-0.15, -0.1) is 0 Å². The molecule has 0 bridgehead atoms. The Bertz CT molecular complexity index is 598. The number of nitrogen functional groups attached to an aromatic ring is 1. The van der Waals surface area contributed by atoms with E-state index in [4.69, 9.17) is 5.84 Å². The van der Waals surface area contributed by atoms with Gasteiger partial charge in [0, 0.05) is 18.5 Å². The summed E-state index contributed by atoms with van der Waals surface area (Å²) in [5, 5.41) is 3.25. The summed E-state index contributed by atoms with van der Waals surface area (Å²) in [5.41, 5.74) is 4.44. The second-order valence-corrected chi connectivity index (χ2v) is 4.84. The third-order valence-electron chi connectivity index (χ3n) is 3.18. The van der Waals surface area contributed by atoms with Gasteiger partial charge in [-0.2, -0.15) is 0 Å². The average molecular weight is 289 g/mol. The number of hydrazine groups is 1. The van der Waals surface area contributed by atoms with Crippen LogP contribution in [0.4, 0.5) is 16.0 Å². The molecule has 2 aromatic rings. The topological polar surface area (TPSA) is 75.9 Å². The largest absolute Gasteiger partial charge is 0.366 e. The van der Waals surface area contributed by atoms with Crippen LogP contribution in [-0.2, 0) is 13.0 Å². The Morgan fingerprint density at radius 1 is 1.14 bits per heavy atom. The Kier molecular flexibility index (Phi) is 5.05. The lowest BCUT2D eigenvalue weighted by molar-refractivity contribution is 0.627. The van der Waals surface area contributed by atoms with Crippen LogP contribution in [0.5, 0.6) is 0 Å². The van der Waals surface area contributed by atoms with E-state index in [-0.39, 0.29) is 5.82 Å². The molecule has 112 valence electrons. The molecule has 0 amide bonds. The molecule has 0 saturated carbocycles. The SMILES string of the molecule is CCCc1nc(NN)c(C)c(NCc2ccc(F)cc2)n1. The second-order valence-electron chi connectivity index (χ2n) is 4.84. The van der Waals surface area contributed by atoms with Crippen LogP contribution >= 0.6 is 0 Å². The fourth-order valence-electron chi connectivity index (χ4n) is 2.00. The van der Waals surface area contributed by atoms with Gasteiger partial charge in [0.15, 0.2) is 0 Å². The van der Waals surface area contributed by atoms with Crippen molar-refractivity contribution in [3.63, 3.8) is 0 Å². The first-order valence-corrected chi connectivity index (χ1v) is 6.96. The number of benzene rings is 1. The molecule has 0 saturated heterocycles. The van der Waals surface area contributed by atoms with Crippen LogP contribution in [0.1, 0.15) is 30.3 Å². The maximum absolute atomic E-state index is 12.9. The van der Waals surface area contributed by atoms with Gasteiger partial charge in [-0.3, -0.25) is 0 Å². The van der Waals surface area contributed by atoms with Crippen molar-refractivity contribution in [2.45, 2.75) is 33.2 Å². The van der Waals surface area contributed by atoms with E-state index in [0.29, 0.717) is 12.4 Å². The minimum absolute atomic E-state index is 0.239. The minimum atomic E-state index is -0.239. The summed E-state index contributed by atoms with van der Waals surface area (Å²) in [6, 6.07) is 6.38. The molecule has 0 spiro atoms. The van der Waals surface area contributed by atoms with Crippen molar-refractivity contribution >= 4 is 11.6 Å². The molecule has 21 heavy (non-hydrogen) atoms. The lowest BCUT2D eigenvalue weighted by atomic mass is 10.2. The number of rotatable bonds is 6. The Hall–Kier alpha value is -2.21. The normalized spacial score (nSPS) is 10.5. The molecule has 0 aliphatic heterocycles. The van der Waals surface area contributed by atoms with Gasteiger partial charge in [-0.05, 0) is 31.0 Å². The van der Waals surface area contributed by atoms with Gasteiger partial charge in [0.1, 0.15) is 23.3 Å². The molecule has 0 radical (unpaired) electrons. The highest BCUT2D eigenvalue weighted by molar-refractivity contribution is 5.56. The van der Waals surface area contributed by atoms with Gasteiger partial charge in [0.25, 0.3) is 0 Å². The first kappa shape index (κ1) is 15.2. The Balaban J connectivity index is 2.17. The zero-order valence-electron chi connectivity index (χ0n) is 12.3. The number of anilines is 2. The van der Waals surface area contributed by atoms with Crippen molar-refractivity contribution in [1.82, 2.24) is 9.97 Å². The number of nitrogens with two attached hydrogens (primary N) is 1. The maximum atomic E-state index is 12.9. The smallest absolute Gasteiger partial charge is 0.148 e. The predicted octanol–water partition coefficient (Wildman–Crippen LogP) is 2.77. The molecule has 0 unspecified atom stereocenters. The lowest BCUT2D eigenvalue weighted by Crippen LogP contribution is -2.15. The summed E-state index contributed by atoms with van der Waals surface area (Å²) in [5.74, 6) is 7.37. The van der Waals surface area contributed by atoms with Crippen molar-refractivity contribution in [1.29, 1.82) is 0 Å². The number of aromatic nitrogens is 2. The third-order valence-corrected chi connectivity index (χ3v) is 3.18. The Morgan fingerprint density at radius 2 is 1.81 bits per heavy atom. The van der Waals surface area contributed by atoms with Gasteiger partial charge in [0.05, 0.1) is 0 Å².